The number of amides is 3. The van der Waals surface area contributed by atoms with Gasteiger partial charge in [0.1, 0.15) is 19.8 Å². The summed E-state index contributed by atoms with van der Waals surface area (Å²) in [6.07, 6.45) is 1.36. The predicted octanol–water partition coefficient (Wildman–Crippen LogP) is 3.05. The molecule has 0 unspecified atom stereocenters. The van der Waals surface area contributed by atoms with Gasteiger partial charge in [0.25, 0.3) is 11.1 Å². The van der Waals surface area contributed by atoms with Crippen molar-refractivity contribution in [3.05, 3.63) is 57.0 Å². The summed E-state index contributed by atoms with van der Waals surface area (Å²) < 4.78 is 15.8. The number of methoxy groups -OCH3 is 1. The first kappa shape index (κ1) is 22.1. The van der Waals surface area contributed by atoms with Crippen LogP contribution in [0.3, 0.4) is 0 Å². The number of nitro groups is 1. The minimum Gasteiger partial charge on any atom is -0.490 e. The van der Waals surface area contributed by atoms with Crippen LogP contribution in [0.1, 0.15) is 5.56 Å². The number of rotatable bonds is 6. The molecule has 4 rings (SSSR count). The Balaban J connectivity index is 1.45. The first-order chi connectivity index (χ1) is 15.9. The van der Waals surface area contributed by atoms with E-state index in [0.29, 0.717) is 47.7 Å². The van der Waals surface area contributed by atoms with Crippen molar-refractivity contribution in [2.45, 2.75) is 0 Å². The molecule has 0 atom stereocenters. The number of nitrogens with one attached hydrogen (secondary N) is 1. The summed E-state index contributed by atoms with van der Waals surface area (Å²) >= 11 is 0.649. The molecule has 0 aliphatic carbocycles. The second kappa shape index (κ2) is 9.20. The van der Waals surface area contributed by atoms with Gasteiger partial charge >= 0.3 is 5.69 Å². The minimum atomic E-state index is -0.666. The molecule has 0 bridgehead atoms. The lowest BCUT2D eigenvalue weighted by Crippen LogP contribution is -2.36. The highest BCUT2D eigenvalue weighted by Crippen LogP contribution is 2.35. The molecule has 1 saturated heterocycles. The van der Waals surface area contributed by atoms with Gasteiger partial charge in [-0.15, -0.1) is 0 Å². The van der Waals surface area contributed by atoms with Gasteiger partial charge in [-0.1, -0.05) is 6.07 Å². The largest absolute Gasteiger partial charge is 0.490 e. The summed E-state index contributed by atoms with van der Waals surface area (Å²) in [5, 5.41) is 13.2. The van der Waals surface area contributed by atoms with E-state index in [0.717, 1.165) is 4.90 Å². The SMILES string of the molecule is COc1ccc(/C=C2/SC(=O)N(CC(=O)Nc3ccc4c(c3)OCCO4)C2=O)cc1[N+](=O)[O-]. The van der Waals surface area contributed by atoms with Gasteiger partial charge in [0.05, 0.1) is 16.9 Å². The van der Waals surface area contributed by atoms with Gasteiger partial charge in [-0.25, -0.2) is 0 Å². The fraction of sp³-hybridized carbons (Fsp3) is 0.190. The maximum Gasteiger partial charge on any atom is 0.311 e. The normalized spacial score (nSPS) is 16.2. The standard InChI is InChI=1S/C21H17N3O8S/c1-30-15-4-2-12(8-14(15)24(28)29)9-18-20(26)23(21(27)33-18)11-19(25)22-13-3-5-16-17(10-13)32-7-6-31-16/h2-5,8-10H,6-7,11H2,1H3,(H,22,25)/b18-9+. The van der Waals surface area contributed by atoms with E-state index in [4.69, 9.17) is 14.2 Å². The van der Waals surface area contributed by atoms with Crippen molar-refractivity contribution in [2.24, 2.45) is 0 Å². The number of nitro benzene ring substituents is 1. The van der Waals surface area contributed by atoms with Gasteiger partial charge < -0.3 is 19.5 Å². The first-order valence-electron chi connectivity index (χ1n) is 9.63. The average Bonchev–Trinajstić information content (AvgIpc) is 3.06. The van der Waals surface area contributed by atoms with Gasteiger partial charge in [0, 0.05) is 17.8 Å². The quantitative estimate of drug-likeness (QED) is 0.383. The van der Waals surface area contributed by atoms with Crippen molar-refractivity contribution in [3.63, 3.8) is 0 Å². The number of carbonyl (C=O) groups is 3. The van der Waals surface area contributed by atoms with E-state index < -0.39 is 28.5 Å². The molecule has 1 N–H and O–H groups in total. The van der Waals surface area contributed by atoms with E-state index in [2.05, 4.69) is 5.32 Å². The number of benzene rings is 2. The molecule has 2 aromatic carbocycles. The Bertz CT molecular complexity index is 1200. The van der Waals surface area contributed by atoms with E-state index in [-0.39, 0.29) is 16.3 Å². The molecule has 3 amide bonds. The molecule has 0 aromatic heterocycles. The molecule has 0 radical (unpaired) electrons. The number of fused-ring (bicyclic) bond motifs is 1. The van der Waals surface area contributed by atoms with E-state index in [1.54, 1.807) is 18.2 Å². The zero-order valence-corrected chi connectivity index (χ0v) is 18.0. The molecule has 12 heteroatoms. The van der Waals surface area contributed by atoms with Crippen LogP contribution < -0.4 is 19.5 Å². The van der Waals surface area contributed by atoms with Crippen LogP contribution in [-0.4, -0.2) is 53.7 Å². The predicted molar refractivity (Wildman–Crippen MR) is 118 cm³/mol. The third kappa shape index (κ3) is 4.75. The molecular formula is C21H17N3O8S. The first-order valence-corrected chi connectivity index (χ1v) is 10.4. The lowest BCUT2D eigenvalue weighted by Gasteiger charge is -2.19. The number of thioether (sulfide) groups is 1. The third-order valence-corrected chi connectivity index (χ3v) is 5.61. The van der Waals surface area contributed by atoms with E-state index in [1.165, 1.54) is 31.4 Å². The molecule has 2 heterocycles. The molecule has 11 nitrogen and oxygen atoms in total. The van der Waals surface area contributed by atoms with Gasteiger partial charge in [-0.3, -0.25) is 29.4 Å². The molecule has 170 valence electrons. The van der Waals surface area contributed by atoms with Crippen molar-refractivity contribution in [3.8, 4) is 17.2 Å². The Hall–Kier alpha value is -4.06. The molecule has 2 aromatic rings. The number of ether oxygens (including phenoxy) is 3. The van der Waals surface area contributed by atoms with Crippen LogP contribution in [0, 0.1) is 10.1 Å². The van der Waals surface area contributed by atoms with Gasteiger partial charge in [-0.05, 0) is 41.6 Å². The van der Waals surface area contributed by atoms with Crippen LogP contribution >= 0.6 is 11.8 Å². The highest BCUT2D eigenvalue weighted by atomic mass is 32.2. The summed E-state index contributed by atoms with van der Waals surface area (Å²) in [5.41, 5.74) is 0.496. The summed E-state index contributed by atoms with van der Waals surface area (Å²) in [6.45, 7) is 0.347. The minimum absolute atomic E-state index is 0.0478. The fourth-order valence-corrected chi connectivity index (χ4v) is 4.03. The molecule has 0 spiro atoms. The zero-order chi connectivity index (χ0) is 23.5. The van der Waals surface area contributed by atoms with Gasteiger partial charge in [0.2, 0.25) is 5.91 Å². The average molecular weight is 471 g/mol. The van der Waals surface area contributed by atoms with E-state index >= 15 is 0 Å². The molecule has 1 fully saturated rings. The number of carbonyl (C=O) groups excluding carboxylic acids is 3. The smallest absolute Gasteiger partial charge is 0.311 e. The third-order valence-electron chi connectivity index (χ3n) is 4.70. The molecule has 2 aliphatic rings. The second-order valence-corrected chi connectivity index (χ2v) is 7.86. The van der Waals surface area contributed by atoms with E-state index in [1.807, 2.05) is 0 Å². The highest BCUT2D eigenvalue weighted by molar-refractivity contribution is 8.18. The second-order valence-electron chi connectivity index (χ2n) is 6.86. The molecule has 2 aliphatic heterocycles. The van der Waals surface area contributed by atoms with Crippen LogP contribution in [0.25, 0.3) is 6.08 Å². The monoisotopic (exact) mass is 471 g/mol. The molecule has 0 saturated carbocycles. The summed E-state index contributed by atoms with van der Waals surface area (Å²) in [7, 11) is 1.31. The Morgan fingerprint density at radius 2 is 1.97 bits per heavy atom. The lowest BCUT2D eigenvalue weighted by atomic mass is 10.1. The fourth-order valence-electron chi connectivity index (χ4n) is 3.19. The molecular weight excluding hydrogens is 454 g/mol. The maximum absolute atomic E-state index is 12.7. The highest BCUT2D eigenvalue weighted by Gasteiger charge is 2.36. The Morgan fingerprint density at radius 1 is 1.21 bits per heavy atom. The van der Waals surface area contributed by atoms with Crippen molar-refractivity contribution >= 4 is 46.3 Å². The number of nitrogens with zero attached hydrogens (tertiary/aromatic N) is 2. The lowest BCUT2D eigenvalue weighted by molar-refractivity contribution is -0.385. The van der Waals surface area contributed by atoms with Crippen LogP contribution in [-0.2, 0) is 9.59 Å². The van der Waals surface area contributed by atoms with Gasteiger partial charge in [-0.2, -0.15) is 0 Å². The van der Waals surface area contributed by atoms with Gasteiger partial charge in [0.15, 0.2) is 17.2 Å². The summed E-state index contributed by atoms with van der Waals surface area (Å²) in [6, 6.07) is 9.03. The van der Waals surface area contributed by atoms with E-state index in [9.17, 15) is 24.5 Å². The number of imide groups is 1. The number of hydrogen-bond donors (Lipinski definition) is 1. The van der Waals surface area contributed by atoms with Crippen molar-refractivity contribution < 1.29 is 33.5 Å². The van der Waals surface area contributed by atoms with Crippen LogP contribution in [0.4, 0.5) is 16.2 Å². The van der Waals surface area contributed by atoms with Crippen molar-refractivity contribution in [1.29, 1.82) is 0 Å². The van der Waals surface area contributed by atoms with Crippen molar-refractivity contribution in [1.82, 2.24) is 4.90 Å². The van der Waals surface area contributed by atoms with Crippen molar-refractivity contribution in [2.75, 3.05) is 32.2 Å². The van der Waals surface area contributed by atoms with Crippen LogP contribution in [0.15, 0.2) is 41.3 Å². The molecule has 33 heavy (non-hydrogen) atoms. The summed E-state index contributed by atoms with van der Waals surface area (Å²) in [5.74, 6) is -0.118. The number of anilines is 1. The zero-order valence-electron chi connectivity index (χ0n) is 17.2. The summed E-state index contributed by atoms with van der Waals surface area (Å²) in [4.78, 5) is 48.9. The maximum atomic E-state index is 12.7. The van der Waals surface area contributed by atoms with Crippen LogP contribution in [0.2, 0.25) is 0 Å². The van der Waals surface area contributed by atoms with Crippen LogP contribution in [0.5, 0.6) is 17.2 Å². The Labute approximate surface area is 191 Å². The number of hydrogen-bond acceptors (Lipinski definition) is 9. The Kier molecular flexibility index (Phi) is 6.18. The Morgan fingerprint density at radius 3 is 2.70 bits per heavy atom. The topological polar surface area (TPSA) is 137 Å².